The van der Waals surface area contributed by atoms with Crippen LogP contribution in [0, 0.1) is 23.2 Å². The number of nitrogens with one attached hydrogen (secondary N) is 1. The number of amides is 1. The summed E-state index contributed by atoms with van der Waals surface area (Å²) < 4.78 is 13.5. The minimum Gasteiger partial charge on any atom is -0.355 e. The maximum absolute atomic E-state index is 13.5. The van der Waals surface area contributed by atoms with E-state index in [9.17, 15) is 9.18 Å². The van der Waals surface area contributed by atoms with E-state index in [1.54, 1.807) is 0 Å². The lowest BCUT2D eigenvalue weighted by atomic mass is 10.1. The summed E-state index contributed by atoms with van der Waals surface area (Å²) in [5, 5.41) is 14.8. The summed E-state index contributed by atoms with van der Waals surface area (Å²) in [6.07, 6.45) is 0.898. The molecule has 7 heteroatoms. The van der Waals surface area contributed by atoms with E-state index in [-0.39, 0.29) is 25.4 Å². The van der Waals surface area contributed by atoms with Crippen molar-refractivity contribution in [1.29, 1.82) is 5.26 Å². The highest BCUT2D eigenvalue weighted by atomic mass is 19.1. The van der Waals surface area contributed by atoms with Crippen molar-refractivity contribution in [2.75, 3.05) is 31.1 Å². The Balaban J connectivity index is 1.18. The van der Waals surface area contributed by atoms with Crippen LogP contribution in [0.4, 0.5) is 10.2 Å². The van der Waals surface area contributed by atoms with Crippen molar-refractivity contribution < 1.29 is 9.18 Å². The average molecular weight is 379 g/mol. The van der Waals surface area contributed by atoms with Gasteiger partial charge in [-0.1, -0.05) is 24.3 Å². The molecule has 4 atom stereocenters. The number of hydrogen-bond donors (Lipinski definition) is 1. The van der Waals surface area contributed by atoms with Gasteiger partial charge in [0.25, 0.3) is 0 Å². The van der Waals surface area contributed by atoms with E-state index >= 15 is 0 Å². The number of fused-ring (bicyclic) bond motifs is 2. The summed E-state index contributed by atoms with van der Waals surface area (Å²) in [4.78, 5) is 20.7. The van der Waals surface area contributed by atoms with Crippen LogP contribution in [-0.2, 0) is 4.79 Å². The molecule has 3 fully saturated rings. The van der Waals surface area contributed by atoms with Crippen molar-refractivity contribution in [3.8, 4) is 6.07 Å². The molecule has 28 heavy (non-hydrogen) atoms. The summed E-state index contributed by atoms with van der Waals surface area (Å²) in [7, 11) is 0. The molecule has 1 aromatic carbocycles. The molecule has 2 saturated heterocycles. The fraction of sp³-hybridized carbons (Fsp3) is 0.476. The SMILES string of the molecule is N#C[C@@H]1C[C@H](F)CN1C(=O)CNC1C2CN(c3nccc4ccccc34)CC21. The van der Waals surface area contributed by atoms with Gasteiger partial charge in [-0.05, 0) is 23.3 Å². The maximum Gasteiger partial charge on any atom is 0.237 e. The van der Waals surface area contributed by atoms with Crippen molar-refractivity contribution >= 4 is 22.5 Å². The quantitative estimate of drug-likeness (QED) is 0.876. The number of piperidine rings is 1. The van der Waals surface area contributed by atoms with Crippen LogP contribution in [-0.4, -0.2) is 60.2 Å². The maximum atomic E-state index is 13.5. The first-order valence-corrected chi connectivity index (χ1v) is 9.81. The highest BCUT2D eigenvalue weighted by Gasteiger charge is 2.56. The Kier molecular flexibility index (Phi) is 4.17. The van der Waals surface area contributed by atoms with Crippen LogP contribution >= 0.6 is 0 Å². The van der Waals surface area contributed by atoms with E-state index < -0.39 is 12.2 Å². The van der Waals surface area contributed by atoms with Crippen molar-refractivity contribution in [2.45, 2.75) is 24.7 Å². The van der Waals surface area contributed by atoms with Crippen molar-refractivity contribution in [1.82, 2.24) is 15.2 Å². The van der Waals surface area contributed by atoms with Gasteiger partial charge in [0.2, 0.25) is 5.91 Å². The molecule has 0 bridgehead atoms. The molecule has 1 N–H and O–H groups in total. The van der Waals surface area contributed by atoms with Crippen LogP contribution < -0.4 is 10.2 Å². The van der Waals surface area contributed by atoms with Gasteiger partial charge in [-0.15, -0.1) is 0 Å². The van der Waals surface area contributed by atoms with Gasteiger partial charge < -0.3 is 15.1 Å². The number of alkyl halides is 1. The number of carbonyl (C=O) groups excluding carboxylic acids is 1. The number of benzene rings is 1. The molecular formula is C21H22FN5O. The first kappa shape index (κ1) is 17.4. The van der Waals surface area contributed by atoms with Crippen LogP contribution in [0.25, 0.3) is 10.8 Å². The number of likely N-dealkylation sites (tertiary alicyclic amines) is 1. The van der Waals surface area contributed by atoms with E-state index in [0.717, 1.165) is 18.9 Å². The standard InChI is InChI=1S/C21H22FN5O/c22-14-7-15(8-23)27(10-14)19(28)9-25-20-17-11-26(12-18(17)20)21-16-4-2-1-3-13(16)5-6-24-21/h1-6,14-15,17-18,20,25H,7,9-12H2/t14-,15-,17?,18?,20?/m0/s1. The van der Waals surface area contributed by atoms with Crippen LogP contribution in [0.1, 0.15) is 6.42 Å². The van der Waals surface area contributed by atoms with Gasteiger partial charge in [0.15, 0.2) is 0 Å². The summed E-state index contributed by atoms with van der Waals surface area (Å²) in [5.74, 6) is 1.87. The molecule has 2 unspecified atom stereocenters. The lowest BCUT2D eigenvalue weighted by Gasteiger charge is -2.23. The average Bonchev–Trinajstić information content (AvgIpc) is 3.05. The van der Waals surface area contributed by atoms with Crippen molar-refractivity contribution in [3.05, 3.63) is 36.5 Å². The smallest absolute Gasteiger partial charge is 0.237 e. The molecule has 1 aromatic heterocycles. The second kappa shape index (κ2) is 6.71. The lowest BCUT2D eigenvalue weighted by molar-refractivity contribution is -0.130. The Morgan fingerprint density at radius 1 is 1.25 bits per heavy atom. The molecule has 2 aliphatic heterocycles. The van der Waals surface area contributed by atoms with Crippen LogP contribution in [0.2, 0.25) is 0 Å². The van der Waals surface area contributed by atoms with Gasteiger partial charge in [0.1, 0.15) is 18.0 Å². The molecule has 144 valence electrons. The number of pyridine rings is 1. The Morgan fingerprint density at radius 3 is 2.82 bits per heavy atom. The van der Waals surface area contributed by atoms with Gasteiger partial charge in [-0.2, -0.15) is 5.26 Å². The number of rotatable bonds is 4. The van der Waals surface area contributed by atoms with E-state index in [2.05, 4.69) is 27.3 Å². The number of anilines is 1. The highest BCUT2D eigenvalue weighted by Crippen LogP contribution is 2.47. The number of nitriles is 1. The van der Waals surface area contributed by atoms with Gasteiger partial charge in [0.05, 0.1) is 19.2 Å². The molecule has 0 spiro atoms. The molecule has 1 saturated carbocycles. The van der Waals surface area contributed by atoms with E-state index in [0.29, 0.717) is 17.9 Å². The van der Waals surface area contributed by atoms with Crippen molar-refractivity contribution in [2.24, 2.45) is 11.8 Å². The molecule has 2 aromatic rings. The number of carbonyl (C=O) groups is 1. The third-order valence-electron chi connectivity index (χ3n) is 6.35. The second-order valence-corrected chi connectivity index (χ2v) is 8.02. The molecule has 1 aliphatic carbocycles. The predicted molar refractivity (Wildman–Crippen MR) is 103 cm³/mol. The largest absolute Gasteiger partial charge is 0.355 e. The van der Waals surface area contributed by atoms with E-state index in [4.69, 9.17) is 5.26 Å². The fourth-order valence-corrected chi connectivity index (χ4v) is 4.85. The topological polar surface area (TPSA) is 72.3 Å². The Hall–Kier alpha value is -2.72. The lowest BCUT2D eigenvalue weighted by Crippen LogP contribution is -2.43. The fourth-order valence-electron chi connectivity index (χ4n) is 4.85. The number of nitrogens with zero attached hydrogens (tertiary/aromatic N) is 4. The molecule has 1 amide bonds. The number of halogens is 1. The zero-order chi connectivity index (χ0) is 19.3. The van der Waals surface area contributed by atoms with Crippen LogP contribution in [0.5, 0.6) is 0 Å². The van der Waals surface area contributed by atoms with E-state index in [1.165, 1.54) is 15.7 Å². The minimum absolute atomic E-state index is 0.0385. The first-order valence-electron chi connectivity index (χ1n) is 9.81. The molecule has 0 radical (unpaired) electrons. The predicted octanol–water partition coefficient (Wildman–Crippen LogP) is 1.72. The number of aromatic nitrogens is 1. The monoisotopic (exact) mass is 379 g/mol. The van der Waals surface area contributed by atoms with Gasteiger partial charge in [-0.3, -0.25) is 4.79 Å². The van der Waals surface area contributed by atoms with Crippen LogP contribution in [0.15, 0.2) is 36.5 Å². The Morgan fingerprint density at radius 2 is 2.04 bits per heavy atom. The molecule has 3 heterocycles. The van der Waals surface area contributed by atoms with Gasteiger partial charge in [0, 0.05) is 37.1 Å². The Labute approximate surface area is 162 Å². The van der Waals surface area contributed by atoms with Gasteiger partial charge in [-0.25, -0.2) is 9.37 Å². The zero-order valence-corrected chi connectivity index (χ0v) is 15.5. The van der Waals surface area contributed by atoms with Crippen molar-refractivity contribution in [3.63, 3.8) is 0 Å². The highest BCUT2D eigenvalue weighted by molar-refractivity contribution is 5.92. The molecule has 6 nitrogen and oxygen atoms in total. The number of hydrogen-bond acceptors (Lipinski definition) is 5. The molecule has 3 aliphatic rings. The third-order valence-corrected chi connectivity index (χ3v) is 6.35. The molecule has 5 rings (SSSR count). The van der Waals surface area contributed by atoms with Gasteiger partial charge >= 0.3 is 0 Å². The summed E-state index contributed by atoms with van der Waals surface area (Å²) in [6, 6.07) is 12.0. The Bertz CT molecular complexity index is 942. The molecular weight excluding hydrogens is 357 g/mol. The van der Waals surface area contributed by atoms with Crippen LogP contribution in [0.3, 0.4) is 0 Å². The first-order chi connectivity index (χ1) is 13.7. The summed E-state index contributed by atoms with van der Waals surface area (Å²) >= 11 is 0. The summed E-state index contributed by atoms with van der Waals surface area (Å²) in [6.45, 7) is 2.06. The summed E-state index contributed by atoms with van der Waals surface area (Å²) in [5.41, 5.74) is 0. The minimum atomic E-state index is -1.09. The van der Waals surface area contributed by atoms with E-state index in [1.807, 2.05) is 30.5 Å². The third kappa shape index (κ3) is 2.89. The normalized spacial score (nSPS) is 31.1. The zero-order valence-electron chi connectivity index (χ0n) is 15.5. The second-order valence-electron chi connectivity index (χ2n) is 8.02.